The van der Waals surface area contributed by atoms with Crippen LogP contribution in [0.15, 0.2) is 30.3 Å². The second-order valence-electron chi connectivity index (χ2n) is 9.35. The van der Waals surface area contributed by atoms with Gasteiger partial charge in [0.05, 0.1) is 12.2 Å². The van der Waals surface area contributed by atoms with Crippen LogP contribution in [0.3, 0.4) is 0 Å². The number of anilines is 1. The zero-order valence-electron chi connectivity index (χ0n) is 20.2. The Bertz CT molecular complexity index is 1140. The van der Waals surface area contributed by atoms with Gasteiger partial charge in [0.15, 0.2) is 0 Å². The second-order valence-corrected chi connectivity index (χ2v) is 10.4. The van der Waals surface area contributed by atoms with Crippen LogP contribution >= 0.6 is 11.3 Å². The maximum absolute atomic E-state index is 13.0. The van der Waals surface area contributed by atoms with Crippen LogP contribution in [0.5, 0.6) is 0 Å². The Morgan fingerprint density at radius 2 is 1.69 bits per heavy atom. The third-order valence-electron chi connectivity index (χ3n) is 6.63. The van der Waals surface area contributed by atoms with Crippen molar-refractivity contribution in [1.29, 1.82) is 0 Å². The molecule has 0 spiro atoms. The number of primary amides is 2. The largest absolute Gasteiger partial charge is 0.456 e. The maximum Gasteiger partial charge on any atom is 0.350 e. The van der Waals surface area contributed by atoms with Gasteiger partial charge < -0.3 is 31.3 Å². The van der Waals surface area contributed by atoms with E-state index in [2.05, 4.69) is 12.2 Å². The minimum atomic E-state index is -0.803. The average Bonchev–Trinajstić information content (AvgIpc) is 3.27. The van der Waals surface area contributed by atoms with E-state index < -0.39 is 24.1 Å². The highest BCUT2D eigenvalue weighted by Crippen LogP contribution is 2.36. The molecule has 11 heteroatoms. The molecule has 5 amide bonds. The first kappa shape index (κ1) is 25.5. The molecule has 3 heterocycles. The number of ether oxygens (including phenoxy) is 1. The number of esters is 1. The number of urea groups is 2. The Balaban J connectivity index is 1.50. The first-order chi connectivity index (χ1) is 17.2. The Morgan fingerprint density at radius 1 is 1.00 bits per heavy atom. The maximum atomic E-state index is 13.0. The predicted octanol–water partition coefficient (Wildman–Crippen LogP) is 3.48. The molecular weight excluding hydrogens is 482 g/mol. The molecule has 5 N–H and O–H groups in total. The number of carbonyl (C=O) groups excluding carboxylic acids is 4. The van der Waals surface area contributed by atoms with Gasteiger partial charge in [0, 0.05) is 30.1 Å². The molecule has 1 aromatic carbocycles. The van der Waals surface area contributed by atoms with Crippen LogP contribution < -0.4 is 16.8 Å². The summed E-state index contributed by atoms with van der Waals surface area (Å²) >= 11 is 1.16. The second kappa shape index (κ2) is 11.0. The topological polar surface area (TPSA) is 148 Å². The minimum Gasteiger partial charge on any atom is -0.456 e. The fraction of sp³-hybridized carbons (Fsp3) is 0.440. The number of nitrogens with zero attached hydrogens (tertiary/aromatic N) is 2. The van der Waals surface area contributed by atoms with Crippen LogP contribution in [0.2, 0.25) is 0 Å². The molecular formula is C25H31N5O5S. The van der Waals surface area contributed by atoms with Gasteiger partial charge in [0.1, 0.15) is 11.0 Å². The Labute approximate surface area is 213 Å². The van der Waals surface area contributed by atoms with E-state index in [1.165, 1.54) is 4.90 Å². The van der Waals surface area contributed by atoms with Crippen molar-refractivity contribution in [2.45, 2.75) is 38.7 Å². The lowest BCUT2D eigenvalue weighted by Gasteiger charge is -2.31. The van der Waals surface area contributed by atoms with Gasteiger partial charge in [-0.05, 0) is 55.4 Å². The highest BCUT2D eigenvalue weighted by atomic mass is 32.1. The van der Waals surface area contributed by atoms with E-state index in [1.807, 2.05) is 17.0 Å². The van der Waals surface area contributed by atoms with Gasteiger partial charge in [-0.25, -0.2) is 14.4 Å². The zero-order chi connectivity index (χ0) is 25.8. The Kier molecular flexibility index (Phi) is 7.78. The fourth-order valence-corrected chi connectivity index (χ4v) is 5.52. The molecule has 0 radical (unpaired) electrons. The number of piperidine rings is 2. The van der Waals surface area contributed by atoms with Crippen LogP contribution in [0, 0.1) is 5.92 Å². The van der Waals surface area contributed by atoms with Gasteiger partial charge in [-0.15, -0.1) is 11.3 Å². The Morgan fingerprint density at radius 3 is 2.33 bits per heavy atom. The summed E-state index contributed by atoms with van der Waals surface area (Å²) in [6, 6.07) is 7.49. The molecule has 36 heavy (non-hydrogen) atoms. The number of thiophene rings is 1. The quantitative estimate of drug-likeness (QED) is 0.524. The van der Waals surface area contributed by atoms with Crippen LogP contribution in [0.4, 0.5) is 15.3 Å². The summed E-state index contributed by atoms with van der Waals surface area (Å²) in [7, 11) is 0. The molecule has 2 fully saturated rings. The summed E-state index contributed by atoms with van der Waals surface area (Å²) in [4.78, 5) is 53.1. The van der Waals surface area contributed by atoms with E-state index in [0.29, 0.717) is 35.7 Å². The molecule has 0 aliphatic carbocycles. The monoisotopic (exact) mass is 513 g/mol. The summed E-state index contributed by atoms with van der Waals surface area (Å²) in [5.41, 5.74) is 12.3. The van der Waals surface area contributed by atoms with Crippen molar-refractivity contribution in [2.24, 2.45) is 17.4 Å². The van der Waals surface area contributed by atoms with E-state index in [0.717, 1.165) is 42.8 Å². The molecule has 1 aromatic heterocycles. The van der Waals surface area contributed by atoms with E-state index in [9.17, 15) is 19.2 Å². The van der Waals surface area contributed by atoms with Gasteiger partial charge >= 0.3 is 18.0 Å². The van der Waals surface area contributed by atoms with Crippen molar-refractivity contribution in [3.05, 3.63) is 40.8 Å². The molecule has 10 nitrogen and oxygen atoms in total. The molecule has 2 aliphatic heterocycles. The number of benzene rings is 1. The lowest BCUT2D eigenvalue weighted by Crippen LogP contribution is -2.46. The molecule has 192 valence electrons. The molecule has 2 saturated heterocycles. The molecule has 0 saturated carbocycles. The van der Waals surface area contributed by atoms with Crippen LogP contribution in [0.1, 0.15) is 52.6 Å². The number of amides is 5. The van der Waals surface area contributed by atoms with Crippen LogP contribution in [-0.4, -0.2) is 66.0 Å². The van der Waals surface area contributed by atoms with Gasteiger partial charge in [0.2, 0.25) is 0 Å². The zero-order valence-corrected chi connectivity index (χ0v) is 21.0. The predicted molar refractivity (Wildman–Crippen MR) is 137 cm³/mol. The van der Waals surface area contributed by atoms with E-state index in [1.54, 1.807) is 18.2 Å². The van der Waals surface area contributed by atoms with Crippen LogP contribution in [0.25, 0.3) is 10.4 Å². The summed E-state index contributed by atoms with van der Waals surface area (Å²) < 4.78 is 5.63. The van der Waals surface area contributed by atoms with Gasteiger partial charge in [-0.3, -0.25) is 4.79 Å². The molecule has 2 aromatic rings. The lowest BCUT2D eigenvalue weighted by molar-refractivity contribution is 0.0134. The molecule has 1 unspecified atom stereocenters. The molecule has 0 bridgehead atoms. The van der Waals surface area contributed by atoms with Gasteiger partial charge in [-0.1, -0.05) is 19.1 Å². The number of hydrogen-bond acceptors (Lipinski definition) is 6. The van der Waals surface area contributed by atoms with Crippen molar-refractivity contribution in [2.75, 3.05) is 31.5 Å². The van der Waals surface area contributed by atoms with Crippen LogP contribution in [-0.2, 0) is 4.74 Å². The van der Waals surface area contributed by atoms with Crippen molar-refractivity contribution < 1.29 is 23.9 Å². The third-order valence-corrected chi connectivity index (χ3v) is 7.79. The van der Waals surface area contributed by atoms with Crippen molar-refractivity contribution >= 4 is 41.0 Å². The van der Waals surface area contributed by atoms with Crippen molar-refractivity contribution in [3.63, 3.8) is 0 Å². The summed E-state index contributed by atoms with van der Waals surface area (Å²) in [5, 5.41) is 2.49. The highest BCUT2D eigenvalue weighted by molar-refractivity contribution is 7.18. The molecule has 4 rings (SSSR count). The highest BCUT2D eigenvalue weighted by Gasteiger charge is 2.28. The van der Waals surface area contributed by atoms with E-state index in [4.69, 9.17) is 16.2 Å². The van der Waals surface area contributed by atoms with Crippen molar-refractivity contribution in [3.8, 4) is 10.4 Å². The van der Waals surface area contributed by atoms with E-state index >= 15 is 0 Å². The number of rotatable bonds is 5. The first-order valence-electron chi connectivity index (χ1n) is 12.1. The summed E-state index contributed by atoms with van der Waals surface area (Å²) in [6.07, 6.45) is 2.81. The standard InChI is InChI=1S/C25H31N5O5S/c1-15-8-11-29(12-9-15)22(31)17-6-4-16(5-7-17)20-13-19(28-24(26)33)21(36-20)23(32)35-18-3-2-10-30(14-18)25(27)34/h4-7,13,15,18H,2-3,8-12,14H2,1H3,(H2,27,34)(H3,26,28,33). The summed E-state index contributed by atoms with van der Waals surface area (Å²) in [5.74, 6) is 0.0365. The summed E-state index contributed by atoms with van der Waals surface area (Å²) in [6.45, 7) is 4.48. The number of carbonyl (C=O) groups is 4. The first-order valence-corrected chi connectivity index (χ1v) is 12.9. The number of nitrogens with one attached hydrogen (secondary N) is 1. The normalized spacial score (nSPS) is 18.5. The van der Waals surface area contributed by atoms with Crippen molar-refractivity contribution in [1.82, 2.24) is 9.80 Å². The van der Waals surface area contributed by atoms with Gasteiger partial charge in [-0.2, -0.15) is 0 Å². The Hall–Kier alpha value is -3.60. The fourth-order valence-electron chi connectivity index (χ4n) is 4.52. The SMILES string of the molecule is CC1CCN(C(=O)c2ccc(-c3cc(NC(N)=O)c(C(=O)OC4CCCN(C(N)=O)C4)s3)cc2)CC1. The number of hydrogen-bond donors (Lipinski definition) is 3. The third kappa shape index (κ3) is 5.96. The number of likely N-dealkylation sites (tertiary alicyclic amines) is 2. The lowest BCUT2D eigenvalue weighted by atomic mass is 9.98. The minimum absolute atomic E-state index is 0.0115. The molecule has 1 atom stereocenters. The van der Waals surface area contributed by atoms with Gasteiger partial charge in [0.25, 0.3) is 5.91 Å². The molecule has 2 aliphatic rings. The smallest absolute Gasteiger partial charge is 0.350 e. The van der Waals surface area contributed by atoms with E-state index in [-0.39, 0.29) is 23.0 Å². The number of nitrogens with two attached hydrogens (primary N) is 2. The average molecular weight is 514 g/mol.